The van der Waals surface area contributed by atoms with Crippen LogP contribution in [0.1, 0.15) is 33.6 Å². The van der Waals surface area contributed by atoms with Crippen molar-refractivity contribution in [3.63, 3.8) is 0 Å². The van der Waals surface area contributed by atoms with Gasteiger partial charge in [0.2, 0.25) is 0 Å². The first kappa shape index (κ1) is 20.3. The normalized spacial score (nSPS) is 19.4. The number of nitrogens with zero attached hydrogens (tertiary/aromatic N) is 4. The second-order valence-electron chi connectivity index (χ2n) is 7.60. The second-order valence-corrected chi connectivity index (χ2v) is 8.46. The summed E-state index contributed by atoms with van der Waals surface area (Å²) >= 11 is 3.26. The SMILES string of the molecule is CCOCCn1c(-c2ccc(N3[C@@H](C)CC[C@@H]3C)nc2)nc2c(F)c(Br)ccc21. The molecule has 29 heavy (non-hydrogen) atoms. The molecule has 1 aliphatic rings. The van der Waals surface area contributed by atoms with Gasteiger partial charge in [0.05, 0.1) is 16.6 Å². The van der Waals surface area contributed by atoms with Crippen molar-refractivity contribution in [2.75, 3.05) is 18.1 Å². The summed E-state index contributed by atoms with van der Waals surface area (Å²) in [7, 11) is 0. The fourth-order valence-corrected chi connectivity index (χ4v) is 4.52. The van der Waals surface area contributed by atoms with Crippen LogP contribution >= 0.6 is 15.9 Å². The molecule has 0 radical (unpaired) electrons. The van der Waals surface area contributed by atoms with Crippen LogP contribution in [0.2, 0.25) is 0 Å². The number of fused-ring (bicyclic) bond motifs is 1. The lowest BCUT2D eigenvalue weighted by Crippen LogP contribution is -2.33. The van der Waals surface area contributed by atoms with Crippen LogP contribution in [0, 0.1) is 5.82 Å². The van der Waals surface area contributed by atoms with Gasteiger partial charge in [-0.15, -0.1) is 0 Å². The minimum atomic E-state index is -0.344. The van der Waals surface area contributed by atoms with E-state index in [-0.39, 0.29) is 5.82 Å². The molecule has 0 saturated carbocycles. The maximum atomic E-state index is 14.7. The van der Waals surface area contributed by atoms with Gasteiger partial charge in [0.25, 0.3) is 0 Å². The van der Waals surface area contributed by atoms with Crippen LogP contribution in [0.3, 0.4) is 0 Å². The Balaban J connectivity index is 1.74. The van der Waals surface area contributed by atoms with Gasteiger partial charge < -0.3 is 14.2 Å². The third kappa shape index (κ3) is 3.78. The third-order valence-electron chi connectivity index (χ3n) is 5.70. The van der Waals surface area contributed by atoms with Crippen LogP contribution in [-0.4, -0.2) is 39.8 Å². The average molecular weight is 461 g/mol. The van der Waals surface area contributed by atoms with Gasteiger partial charge in [-0.25, -0.2) is 14.4 Å². The Hall–Kier alpha value is -1.99. The molecule has 1 aliphatic heterocycles. The van der Waals surface area contributed by atoms with Crippen LogP contribution < -0.4 is 4.90 Å². The molecular formula is C22H26BrFN4O. The molecule has 154 valence electrons. The zero-order valence-electron chi connectivity index (χ0n) is 17.0. The number of halogens is 2. The number of benzene rings is 1. The monoisotopic (exact) mass is 460 g/mol. The molecule has 1 saturated heterocycles. The van der Waals surface area contributed by atoms with Crippen LogP contribution in [0.4, 0.5) is 10.2 Å². The maximum Gasteiger partial charge on any atom is 0.165 e. The molecule has 1 fully saturated rings. The van der Waals surface area contributed by atoms with E-state index >= 15 is 0 Å². The van der Waals surface area contributed by atoms with Gasteiger partial charge in [-0.3, -0.25) is 0 Å². The van der Waals surface area contributed by atoms with Crippen molar-refractivity contribution < 1.29 is 9.13 Å². The average Bonchev–Trinajstić information content (AvgIpc) is 3.25. The van der Waals surface area contributed by atoms with Crippen LogP contribution in [0.15, 0.2) is 34.9 Å². The standard InChI is InChI=1S/C22H26BrFN4O/c1-4-29-12-11-27-18-9-8-17(23)20(24)21(18)26-22(27)16-7-10-19(25-13-16)28-14(2)5-6-15(28)3/h7-10,13-15H,4-6,11-12H2,1-3H3/t14-,15-/m0/s1. The summed E-state index contributed by atoms with van der Waals surface area (Å²) in [6.07, 6.45) is 4.22. The smallest absolute Gasteiger partial charge is 0.165 e. The Morgan fingerprint density at radius 3 is 2.59 bits per heavy atom. The fourth-order valence-electron chi connectivity index (χ4n) is 4.20. The third-order valence-corrected chi connectivity index (χ3v) is 6.31. The van der Waals surface area contributed by atoms with E-state index in [0.717, 1.165) is 16.9 Å². The van der Waals surface area contributed by atoms with Crippen molar-refractivity contribution in [2.24, 2.45) is 0 Å². The molecule has 5 nitrogen and oxygen atoms in total. The van der Waals surface area contributed by atoms with E-state index in [4.69, 9.17) is 9.72 Å². The van der Waals surface area contributed by atoms with Gasteiger partial charge in [0.15, 0.2) is 5.82 Å². The van der Waals surface area contributed by atoms with Gasteiger partial charge in [0, 0.05) is 37.0 Å². The predicted molar refractivity (Wildman–Crippen MR) is 118 cm³/mol. The Bertz CT molecular complexity index is 994. The molecule has 0 spiro atoms. The van der Waals surface area contributed by atoms with Gasteiger partial charge >= 0.3 is 0 Å². The quantitative estimate of drug-likeness (QED) is 0.461. The van der Waals surface area contributed by atoms with Crippen LogP contribution in [-0.2, 0) is 11.3 Å². The van der Waals surface area contributed by atoms with E-state index in [1.54, 1.807) is 6.07 Å². The largest absolute Gasteiger partial charge is 0.380 e. The van der Waals surface area contributed by atoms with Crippen LogP contribution in [0.5, 0.6) is 0 Å². The van der Waals surface area contributed by atoms with Crippen molar-refractivity contribution in [2.45, 2.75) is 52.2 Å². The molecule has 4 rings (SSSR count). The van der Waals surface area contributed by atoms with Gasteiger partial charge in [-0.2, -0.15) is 0 Å². The first-order valence-electron chi connectivity index (χ1n) is 10.2. The predicted octanol–water partition coefficient (Wildman–Crippen LogP) is 5.41. The number of hydrogen-bond donors (Lipinski definition) is 0. The molecule has 0 amide bonds. The van der Waals surface area contributed by atoms with Crippen molar-refractivity contribution in [1.82, 2.24) is 14.5 Å². The lowest BCUT2D eigenvalue weighted by molar-refractivity contribution is 0.140. The zero-order valence-corrected chi connectivity index (χ0v) is 18.6. The van der Waals surface area contributed by atoms with Crippen molar-refractivity contribution in [3.8, 4) is 11.4 Å². The molecule has 0 bridgehead atoms. The lowest BCUT2D eigenvalue weighted by atomic mass is 10.2. The molecule has 2 atom stereocenters. The van der Waals surface area contributed by atoms with Gasteiger partial charge in [0.1, 0.15) is 17.2 Å². The highest BCUT2D eigenvalue weighted by Crippen LogP contribution is 2.32. The first-order chi connectivity index (χ1) is 14.0. The summed E-state index contributed by atoms with van der Waals surface area (Å²) in [6.45, 7) is 8.24. The fraction of sp³-hybridized carbons (Fsp3) is 0.455. The summed E-state index contributed by atoms with van der Waals surface area (Å²) in [5, 5.41) is 0. The Morgan fingerprint density at radius 2 is 1.93 bits per heavy atom. The number of aromatic nitrogens is 3. The molecule has 0 unspecified atom stereocenters. The van der Waals surface area contributed by atoms with Crippen molar-refractivity contribution >= 4 is 32.8 Å². The number of anilines is 1. The van der Waals surface area contributed by atoms with Crippen molar-refractivity contribution in [1.29, 1.82) is 0 Å². The summed E-state index contributed by atoms with van der Waals surface area (Å²) in [4.78, 5) is 11.7. The number of imidazole rings is 1. The molecule has 1 aromatic carbocycles. The molecule has 3 heterocycles. The van der Waals surface area contributed by atoms with Gasteiger partial charge in [-0.05, 0) is 73.8 Å². The molecular weight excluding hydrogens is 435 g/mol. The van der Waals surface area contributed by atoms with E-state index in [9.17, 15) is 4.39 Å². The summed E-state index contributed by atoms with van der Waals surface area (Å²) in [6, 6.07) is 8.67. The highest BCUT2D eigenvalue weighted by molar-refractivity contribution is 9.10. The van der Waals surface area contributed by atoms with Crippen LogP contribution in [0.25, 0.3) is 22.4 Å². The van der Waals surface area contributed by atoms with E-state index in [2.05, 4.69) is 39.7 Å². The minimum Gasteiger partial charge on any atom is -0.380 e. The minimum absolute atomic E-state index is 0.344. The maximum absolute atomic E-state index is 14.7. The number of pyridine rings is 1. The zero-order chi connectivity index (χ0) is 20.5. The Labute approximate surface area is 179 Å². The molecule has 3 aromatic rings. The van der Waals surface area contributed by atoms with E-state index in [1.165, 1.54) is 12.8 Å². The summed E-state index contributed by atoms with van der Waals surface area (Å²) < 4.78 is 22.6. The summed E-state index contributed by atoms with van der Waals surface area (Å²) in [5.41, 5.74) is 1.99. The second kappa shape index (κ2) is 8.40. The van der Waals surface area contributed by atoms with E-state index in [0.29, 0.717) is 47.7 Å². The highest BCUT2D eigenvalue weighted by atomic mass is 79.9. The van der Waals surface area contributed by atoms with Gasteiger partial charge in [-0.1, -0.05) is 0 Å². The molecule has 2 aromatic heterocycles. The molecule has 0 aliphatic carbocycles. The number of ether oxygens (including phenoxy) is 1. The Morgan fingerprint density at radius 1 is 1.17 bits per heavy atom. The van der Waals surface area contributed by atoms with Crippen molar-refractivity contribution in [3.05, 3.63) is 40.8 Å². The first-order valence-corrected chi connectivity index (χ1v) is 11.0. The molecule has 7 heteroatoms. The van der Waals surface area contributed by atoms with E-state index < -0.39 is 0 Å². The number of hydrogen-bond acceptors (Lipinski definition) is 4. The topological polar surface area (TPSA) is 43.2 Å². The van der Waals surface area contributed by atoms with E-state index in [1.807, 2.05) is 35.9 Å². The lowest BCUT2D eigenvalue weighted by Gasteiger charge is -2.27. The number of rotatable bonds is 6. The summed E-state index contributed by atoms with van der Waals surface area (Å²) in [5.74, 6) is 1.35. The Kier molecular flexibility index (Phi) is 5.88. The highest BCUT2D eigenvalue weighted by Gasteiger charge is 2.28. The molecule has 0 N–H and O–H groups in total.